The number of aromatic nitrogens is 3. The first-order valence-corrected chi connectivity index (χ1v) is 6.37. The van der Waals surface area contributed by atoms with E-state index in [0.717, 1.165) is 21.7 Å². The Morgan fingerprint density at radius 1 is 1.05 bits per heavy atom. The molecule has 0 fully saturated rings. The molecule has 0 unspecified atom stereocenters. The quantitative estimate of drug-likeness (QED) is 0.677. The van der Waals surface area contributed by atoms with E-state index in [-0.39, 0.29) is 5.82 Å². The highest BCUT2D eigenvalue weighted by molar-refractivity contribution is 5.82. The zero-order valence-corrected chi connectivity index (χ0v) is 11.4. The maximum atomic E-state index is 13.1. The van der Waals surface area contributed by atoms with E-state index in [1.807, 2.05) is 19.1 Å². The smallest absolute Gasteiger partial charge is 0.229 e. The molecule has 3 nitrogen and oxygen atoms in total. The van der Waals surface area contributed by atoms with E-state index in [9.17, 15) is 13.2 Å². The summed E-state index contributed by atoms with van der Waals surface area (Å²) in [5.41, 5.74) is 0.989. The summed E-state index contributed by atoms with van der Waals surface area (Å²) in [7, 11) is 0. The SMILES string of the molecule is Cc1cc(C(F)(F)F)n(-c2cc(C)c3ccccc3n2)n1. The van der Waals surface area contributed by atoms with Crippen LogP contribution in [0, 0.1) is 13.8 Å². The predicted octanol–water partition coefficient (Wildman–Crippen LogP) is 4.06. The van der Waals surface area contributed by atoms with Crippen molar-refractivity contribution in [2.45, 2.75) is 20.0 Å². The topological polar surface area (TPSA) is 30.7 Å². The summed E-state index contributed by atoms with van der Waals surface area (Å²) >= 11 is 0. The van der Waals surface area contributed by atoms with Crippen LogP contribution in [0.4, 0.5) is 13.2 Å². The number of fused-ring (bicyclic) bond motifs is 1. The average molecular weight is 291 g/mol. The maximum absolute atomic E-state index is 13.1. The number of hydrogen-bond acceptors (Lipinski definition) is 2. The largest absolute Gasteiger partial charge is 0.433 e. The fourth-order valence-electron chi connectivity index (χ4n) is 2.32. The Morgan fingerprint density at radius 2 is 1.76 bits per heavy atom. The molecule has 6 heteroatoms. The van der Waals surface area contributed by atoms with Crippen molar-refractivity contribution in [2.75, 3.05) is 0 Å². The minimum atomic E-state index is -4.47. The molecule has 0 saturated carbocycles. The normalized spacial score (nSPS) is 12.0. The molecule has 3 aromatic rings. The molecule has 2 aromatic heterocycles. The third kappa shape index (κ3) is 2.37. The van der Waals surface area contributed by atoms with Gasteiger partial charge in [-0.15, -0.1) is 0 Å². The lowest BCUT2D eigenvalue weighted by molar-refractivity contribution is -0.142. The Balaban J connectivity index is 2.26. The maximum Gasteiger partial charge on any atom is 0.433 e. The molecule has 0 spiro atoms. The fourth-order valence-corrected chi connectivity index (χ4v) is 2.32. The van der Waals surface area contributed by atoms with Crippen LogP contribution in [0.3, 0.4) is 0 Å². The number of hydrogen-bond donors (Lipinski definition) is 0. The Hall–Kier alpha value is -2.37. The van der Waals surface area contributed by atoms with Crippen LogP contribution in [0.2, 0.25) is 0 Å². The lowest BCUT2D eigenvalue weighted by Gasteiger charge is -2.11. The van der Waals surface area contributed by atoms with Gasteiger partial charge < -0.3 is 0 Å². The zero-order valence-electron chi connectivity index (χ0n) is 11.4. The van der Waals surface area contributed by atoms with Gasteiger partial charge in [-0.1, -0.05) is 18.2 Å². The fraction of sp³-hybridized carbons (Fsp3) is 0.200. The number of pyridine rings is 1. The van der Waals surface area contributed by atoms with Gasteiger partial charge >= 0.3 is 6.18 Å². The van der Waals surface area contributed by atoms with Crippen LogP contribution in [0.1, 0.15) is 17.0 Å². The van der Waals surface area contributed by atoms with Crippen molar-refractivity contribution >= 4 is 10.9 Å². The van der Waals surface area contributed by atoms with Gasteiger partial charge in [-0.2, -0.15) is 18.3 Å². The number of aryl methyl sites for hydroxylation is 2. The van der Waals surface area contributed by atoms with Crippen molar-refractivity contribution in [2.24, 2.45) is 0 Å². The van der Waals surface area contributed by atoms with E-state index >= 15 is 0 Å². The predicted molar refractivity (Wildman–Crippen MR) is 73.3 cm³/mol. The second-order valence-electron chi connectivity index (χ2n) is 4.90. The van der Waals surface area contributed by atoms with Gasteiger partial charge in [0.25, 0.3) is 0 Å². The van der Waals surface area contributed by atoms with Crippen LogP contribution in [0.5, 0.6) is 0 Å². The second kappa shape index (κ2) is 4.58. The van der Waals surface area contributed by atoms with Crippen molar-refractivity contribution in [3.63, 3.8) is 0 Å². The molecule has 0 bridgehead atoms. The lowest BCUT2D eigenvalue weighted by Crippen LogP contribution is -2.14. The van der Waals surface area contributed by atoms with Gasteiger partial charge in [0.15, 0.2) is 5.82 Å². The summed E-state index contributed by atoms with van der Waals surface area (Å²) in [6, 6.07) is 9.97. The average Bonchev–Trinajstić information content (AvgIpc) is 2.81. The summed E-state index contributed by atoms with van der Waals surface area (Å²) < 4.78 is 40.1. The third-order valence-electron chi connectivity index (χ3n) is 3.25. The molecular weight excluding hydrogens is 279 g/mol. The minimum Gasteiger partial charge on any atom is -0.229 e. The molecule has 0 saturated heterocycles. The first-order chi connectivity index (χ1) is 9.86. The van der Waals surface area contributed by atoms with Gasteiger partial charge in [0.1, 0.15) is 5.69 Å². The Bertz CT molecular complexity index is 819. The summed E-state index contributed by atoms with van der Waals surface area (Å²) in [6.45, 7) is 3.37. The monoisotopic (exact) mass is 291 g/mol. The molecule has 0 aliphatic rings. The van der Waals surface area contributed by atoms with Crippen molar-refractivity contribution in [3.05, 3.63) is 53.3 Å². The highest BCUT2D eigenvalue weighted by Crippen LogP contribution is 2.31. The summed E-state index contributed by atoms with van der Waals surface area (Å²) in [6.07, 6.45) is -4.47. The van der Waals surface area contributed by atoms with Gasteiger partial charge in [0.05, 0.1) is 11.2 Å². The van der Waals surface area contributed by atoms with E-state index in [2.05, 4.69) is 10.1 Å². The van der Waals surface area contributed by atoms with Crippen LogP contribution in [0.15, 0.2) is 36.4 Å². The number of alkyl halides is 3. The van der Waals surface area contributed by atoms with E-state index in [1.54, 1.807) is 18.2 Å². The van der Waals surface area contributed by atoms with Crippen LogP contribution < -0.4 is 0 Å². The van der Waals surface area contributed by atoms with Crippen molar-refractivity contribution in [1.29, 1.82) is 0 Å². The molecule has 0 amide bonds. The number of halogens is 3. The Labute approximate surface area is 119 Å². The Kier molecular flexibility index (Phi) is 2.97. The highest BCUT2D eigenvalue weighted by atomic mass is 19.4. The van der Waals surface area contributed by atoms with E-state index in [1.165, 1.54) is 6.92 Å². The van der Waals surface area contributed by atoms with Gasteiger partial charge in [-0.05, 0) is 37.6 Å². The second-order valence-corrected chi connectivity index (χ2v) is 4.90. The number of rotatable bonds is 1. The molecule has 0 aliphatic heterocycles. The molecule has 0 N–H and O–H groups in total. The molecule has 21 heavy (non-hydrogen) atoms. The lowest BCUT2D eigenvalue weighted by atomic mass is 10.1. The van der Waals surface area contributed by atoms with Crippen LogP contribution in [-0.2, 0) is 6.18 Å². The molecule has 0 aliphatic carbocycles. The van der Waals surface area contributed by atoms with Crippen molar-refractivity contribution in [1.82, 2.24) is 14.8 Å². The van der Waals surface area contributed by atoms with Gasteiger partial charge in [-0.3, -0.25) is 0 Å². The molecule has 1 aromatic carbocycles. The zero-order chi connectivity index (χ0) is 15.2. The van der Waals surface area contributed by atoms with Crippen LogP contribution in [-0.4, -0.2) is 14.8 Å². The minimum absolute atomic E-state index is 0.173. The van der Waals surface area contributed by atoms with Crippen molar-refractivity contribution < 1.29 is 13.2 Å². The number of benzene rings is 1. The summed E-state index contributed by atoms with van der Waals surface area (Å²) in [4.78, 5) is 4.29. The molecular formula is C15H12F3N3. The van der Waals surface area contributed by atoms with E-state index < -0.39 is 11.9 Å². The van der Waals surface area contributed by atoms with Gasteiger partial charge in [0, 0.05) is 5.39 Å². The first kappa shape index (κ1) is 13.6. The molecule has 0 radical (unpaired) electrons. The standard InChI is InChI=1S/C15H12F3N3/c1-9-7-14(19-12-6-4-3-5-11(9)12)21-13(15(16,17)18)8-10(2)20-21/h3-8H,1-2H3. The van der Waals surface area contributed by atoms with E-state index in [0.29, 0.717) is 11.2 Å². The van der Waals surface area contributed by atoms with Crippen LogP contribution >= 0.6 is 0 Å². The summed E-state index contributed by atoms with van der Waals surface area (Å²) in [5.74, 6) is 0.173. The van der Waals surface area contributed by atoms with Crippen molar-refractivity contribution in [3.8, 4) is 5.82 Å². The van der Waals surface area contributed by atoms with Gasteiger partial charge in [0.2, 0.25) is 0 Å². The highest BCUT2D eigenvalue weighted by Gasteiger charge is 2.36. The number of para-hydroxylation sites is 1. The molecule has 108 valence electrons. The summed E-state index contributed by atoms with van der Waals surface area (Å²) in [5, 5.41) is 4.84. The first-order valence-electron chi connectivity index (χ1n) is 6.37. The molecule has 0 atom stereocenters. The van der Waals surface area contributed by atoms with E-state index in [4.69, 9.17) is 0 Å². The third-order valence-corrected chi connectivity index (χ3v) is 3.25. The van der Waals surface area contributed by atoms with Gasteiger partial charge in [-0.25, -0.2) is 9.67 Å². The van der Waals surface area contributed by atoms with Crippen LogP contribution in [0.25, 0.3) is 16.7 Å². The molecule has 3 rings (SSSR count). The number of nitrogens with zero attached hydrogens (tertiary/aromatic N) is 3. The molecule has 2 heterocycles. The Morgan fingerprint density at radius 3 is 2.48 bits per heavy atom.